The Balaban J connectivity index is 1.24. The van der Waals surface area contributed by atoms with Gasteiger partial charge in [0.2, 0.25) is 0 Å². The fraction of sp³-hybridized carbons (Fsp3) is 0.464. The molecule has 31 heavy (non-hydrogen) atoms. The molecule has 1 heterocycles. The van der Waals surface area contributed by atoms with Crippen molar-refractivity contribution in [3.8, 4) is 11.1 Å². The average Bonchev–Trinajstić information content (AvgIpc) is 3.25. The summed E-state index contributed by atoms with van der Waals surface area (Å²) in [5.74, 6) is 1.81. The van der Waals surface area contributed by atoms with Crippen molar-refractivity contribution in [3.63, 3.8) is 0 Å². The predicted molar refractivity (Wildman–Crippen MR) is 131 cm³/mol. The first-order valence-corrected chi connectivity index (χ1v) is 12.2. The van der Waals surface area contributed by atoms with Crippen molar-refractivity contribution in [3.05, 3.63) is 66.2 Å². The predicted octanol–water partition coefficient (Wildman–Crippen LogP) is 6.15. The molecule has 3 aliphatic rings. The van der Waals surface area contributed by atoms with Crippen LogP contribution in [0.1, 0.15) is 69.4 Å². The van der Waals surface area contributed by atoms with Crippen LogP contribution < -0.4 is 10.6 Å². The van der Waals surface area contributed by atoms with Gasteiger partial charge in [-0.15, -0.1) is 0 Å². The van der Waals surface area contributed by atoms with Crippen LogP contribution in [-0.2, 0) is 0 Å². The Hall–Kier alpha value is -2.55. The first-order valence-electron chi connectivity index (χ1n) is 12.2. The molecule has 0 saturated heterocycles. The SMILES string of the molecule is C=C(NC1CCCCC1C)c1ccc(-c2ccc(C3=NC4CCCCC4N3)cc2)cc1. The molecule has 0 radical (unpaired) electrons. The summed E-state index contributed by atoms with van der Waals surface area (Å²) in [6.07, 6.45) is 10.4. The van der Waals surface area contributed by atoms with Gasteiger partial charge in [-0.3, -0.25) is 4.99 Å². The molecule has 3 nitrogen and oxygen atoms in total. The van der Waals surface area contributed by atoms with Crippen molar-refractivity contribution in [1.82, 2.24) is 10.6 Å². The molecule has 2 aromatic carbocycles. The van der Waals surface area contributed by atoms with Gasteiger partial charge < -0.3 is 10.6 Å². The third-order valence-electron chi connectivity index (χ3n) is 7.54. The Morgan fingerprint density at radius 3 is 2.16 bits per heavy atom. The van der Waals surface area contributed by atoms with Gasteiger partial charge in [0.15, 0.2) is 0 Å². The summed E-state index contributed by atoms with van der Waals surface area (Å²) in [5, 5.41) is 7.35. The second-order valence-electron chi connectivity index (χ2n) is 9.73. The van der Waals surface area contributed by atoms with E-state index in [1.807, 2.05) is 0 Å². The second-order valence-corrected chi connectivity index (χ2v) is 9.73. The molecule has 2 fully saturated rings. The minimum atomic E-state index is 0.481. The maximum absolute atomic E-state index is 4.96. The van der Waals surface area contributed by atoms with E-state index in [2.05, 4.69) is 72.7 Å². The Morgan fingerprint density at radius 2 is 1.45 bits per heavy atom. The maximum Gasteiger partial charge on any atom is 0.128 e. The number of aliphatic imine (C=N–C) groups is 1. The van der Waals surface area contributed by atoms with Crippen LogP contribution in [0, 0.1) is 5.92 Å². The van der Waals surface area contributed by atoms with Crippen LogP contribution in [-0.4, -0.2) is 24.0 Å². The fourth-order valence-corrected chi connectivity index (χ4v) is 5.49. The van der Waals surface area contributed by atoms with E-state index < -0.39 is 0 Å². The summed E-state index contributed by atoms with van der Waals surface area (Å²) in [6, 6.07) is 19.2. The molecule has 0 bridgehead atoms. The lowest BCUT2D eigenvalue weighted by Crippen LogP contribution is -2.36. The van der Waals surface area contributed by atoms with Gasteiger partial charge in [0.05, 0.1) is 6.04 Å². The topological polar surface area (TPSA) is 36.4 Å². The number of nitrogens with zero attached hydrogens (tertiary/aromatic N) is 1. The maximum atomic E-state index is 4.96. The Morgan fingerprint density at radius 1 is 0.839 bits per heavy atom. The Kier molecular flexibility index (Phi) is 5.85. The van der Waals surface area contributed by atoms with Gasteiger partial charge in [-0.05, 0) is 48.3 Å². The number of benzene rings is 2. The van der Waals surface area contributed by atoms with Crippen LogP contribution in [0.2, 0.25) is 0 Å². The van der Waals surface area contributed by atoms with Crippen molar-refractivity contribution in [2.75, 3.05) is 0 Å². The van der Waals surface area contributed by atoms with Crippen molar-refractivity contribution in [2.45, 2.75) is 76.4 Å². The molecule has 4 atom stereocenters. The minimum absolute atomic E-state index is 0.481. The molecule has 4 unspecified atom stereocenters. The number of hydrogen-bond donors (Lipinski definition) is 2. The zero-order valence-electron chi connectivity index (χ0n) is 18.7. The molecule has 1 aliphatic heterocycles. The quantitative estimate of drug-likeness (QED) is 0.616. The van der Waals surface area contributed by atoms with Gasteiger partial charge in [0.25, 0.3) is 0 Å². The van der Waals surface area contributed by atoms with E-state index in [4.69, 9.17) is 4.99 Å². The van der Waals surface area contributed by atoms with Gasteiger partial charge in [-0.25, -0.2) is 0 Å². The lowest BCUT2D eigenvalue weighted by molar-refractivity contribution is 0.305. The zero-order chi connectivity index (χ0) is 21.2. The van der Waals surface area contributed by atoms with E-state index in [1.165, 1.54) is 73.6 Å². The van der Waals surface area contributed by atoms with Crippen molar-refractivity contribution < 1.29 is 0 Å². The summed E-state index contributed by atoms with van der Waals surface area (Å²) in [7, 11) is 0. The van der Waals surface area contributed by atoms with Gasteiger partial charge >= 0.3 is 0 Å². The third-order valence-corrected chi connectivity index (χ3v) is 7.54. The van der Waals surface area contributed by atoms with Crippen molar-refractivity contribution in [2.24, 2.45) is 10.9 Å². The molecule has 0 spiro atoms. The van der Waals surface area contributed by atoms with Crippen molar-refractivity contribution in [1.29, 1.82) is 0 Å². The third kappa shape index (κ3) is 4.42. The molecule has 162 valence electrons. The van der Waals surface area contributed by atoms with Crippen LogP contribution in [0.4, 0.5) is 0 Å². The average molecular weight is 414 g/mol. The van der Waals surface area contributed by atoms with Crippen molar-refractivity contribution >= 4 is 11.5 Å². The van der Waals surface area contributed by atoms with Crippen LogP contribution in [0.25, 0.3) is 16.8 Å². The smallest absolute Gasteiger partial charge is 0.128 e. The highest BCUT2D eigenvalue weighted by molar-refractivity contribution is 6.00. The van der Waals surface area contributed by atoms with Gasteiger partial charge in [0, 0.05) is 23.3 Å². The molecular weight excluding hydrogens is 378 g/mol. The summed E-state index contributed by atoms with van der Waals surface area (Å²) < 4.78 is 0. The van der Waals surface area contributed by atoms with Crippen LogP contribution in [0.15, 0.2) is 60.1 Å². The van der Waals surface area contributed by atoms with E-state index in [0.717, 1.165) is 17.5 Å². The van der Waals surface area contributed by atoms with E-state index in [1.54, 1.807) is 0 Å². The molecule has 2 N–H and O–H groups in total. The molecular formula is C28H35N3. The first kappa shape index (κ1) is 20.4. The Bertz CT molecular complexity index is 941. The molecule has 2 saturated carbocycles. The summed E-state index contributed by atoms with van der Waals surface area (Å²) in [6.45, 7) is 6.67. The highest BCUT2D eigenvalue weighted by Gasteiger charge is 2.31. The molecule has 5 rings (SSSR count). The van der Waals surface area contributed by atoms with Crippen LogP contribution >= 0.6 is 0 Å². The minimum Gasteiger partial charge on any atom is -0.382 e. The lowest BCUT2D eigenvalue weighted by atomic mass is 9.85. The summed E-state index contributed by atoms with van der Waals surface area (Å²) >= 11 is 0. The monoisotopic (exact) mass is 413 g/mol. The van der Waals surface area contributed by atoms with Gasteiger partial charge in [0.1, 0.15) is 5.84 Å². The lowest BCUT2D eigenvalue weighted by Gasteiger charge is -2.31. The van der Waals surface area contributed by atoms with Crippen LogP contribution in [0.3, 0.4) is 0 Å². The summed E-state index contributed by atoms with van der Waals surface area (Å²) in [4.78, 5) is 4.96. The highest BCUT2D eigenvalue weighted by Crippen LogP contribution is 2.28. The normalized spacial score (nSPS) is 27.7. The van der Waals surface area contributed by atoms with Crippen LogP contribution in [0.5, 0.6) is 0 Å². The zero-order valence-corrected chi connectivity index (χ0v) is 18.7. The number of nitrogens with one attached hydrogen (secondary N) is 2. The number of amidine groups is 1. The highest BCUT2D eigenvalue weighted by atomic mass is 15.1. The standard InChI is InChI=1S/C28H35N3/c1-19-7-3-4-8-25(19)29-20(2)21-11-13-22(14-12-21)23-15-17-24(18-16-23)28-30-26-9-5-6-10-27(26)31-28/h11-19,25-27,29H,2-10H2,1H3,(H,30,31). The fourth-order valence-electron chi connectivity index (χ4n) is 5.49. The van der Waals surface area contributed by atoms with E-state index >= 15 is 0 Å². The number of rotatable bonds is 5. The van der Waals surface area contributed by atoms with E-state index in [-0.39, 0.29) is 0 Å². The molecule has 0 amide bonds. The number of hydrogen-bond acceptors (Lipinski definition) is 3. The van der Waals surface area contributed by atoms with Gasteiger partial charge in [-0.1, -0.05) is 87.7 Å². The molecule has 2 aromatic rings. The second kappa shape index (κ2) is 8.90. The van der Waals surface area contributed by atoms with Gasteiger partial charge in [-0.2, -0.15) is 0 Å². The first-order chi connectivity index (χ1) is 15.2. The Labute approximate surface area is 187 Å². The largest absolute Gasteiger partial charge is 0.382 e. The summed E-state index contributed by atoms with van der Waals surface area (Å²) in [5.41, 5.74) is 5.92. The molecule has 3 heteroatoms. The van der Waals surface area contributed by atoms with E-state index in [0.29, 0.717) is 18.1 Å². The molecule has 0 aromatic heterocycles. The molecule has 2 aliphatic carbocycles. The van der Waals surface area contributed by atoms with E-state index in [9.17, 15) is 0 Å². The number of fused-ring (bicyclic) bond motifs is 1.